The summed E-state index contributed by atoms with van der Waals surface area (Å²) in [6.45, 7) is 0.0963. The van der Waals surface area contributed by atoms with Crippen LogP contribution in [0.4, 0.5) is 10.5 Å². The summed E-state index contributed by atoms with van der Waals surface area (Å²) in [6, 6.07) is 18.2. The predicted octanol–water partition coefficient (Wildman–Crippen LogP) is 6.72. The smallest absolute Gasteiger partial charge is 0.293 e. The Balaban J connectivity index is 1.43. The van der Waals surface area contributed by atoms with Gasteiger partial charge in [-0.1, -0.05) is 59.6 Å². The molecule has 172 valence electrons. The van der Waals surface area contributed by atoms with Crippen LogP contribution in [0.1, 0.15) is 16.7 Å². The minimum absolute atomic E-state index is 0.138. The first-order valence-corrected chi connectivity index (χ1v) is 11.5. The molecule has 3 aromatic rings. The van der Waals surface area contributed by atoms with Gasteiger partial charge < -0.3 is 4.74 Å². The maximum absolute atomic E-state index is 12.8. The maximum atomic E-state index is 12.8. The van der Waals surface area contributed by atoms with E-state index in [1.54, 1.807) is 54.6 Å². The van der Waals surface area contributed by atoms with Crippen molar-refractivity contribution in [1.29, 1.82) is 0 Å². The first kappa shape index (κ1) is 23.8. The van der Waals surface area contributed by atoms with Crippen LogP contribution in [0.5, 0.6) is 5.75 Å². The highest BCUT2D eigenvalue weighted by Gasteiger charge is 2.36. The molecule has 0 saturated carbocycles. The van der Waals surface area contributed by atoms with Crippen molar-refractivity contribution in [2.24, 2.45) is 0 Å². The van der Waals surface area contributed by atoms with Gasteiger partial charge in [0.1, 0.15) is 12.4 Å². The Kier molecular flexibility index (Phi) is 7.21. The molecule has 1 fully saturated rings. The van der Waals surface area contributed by atoms with Crippen LogP contribution in [0, 0.1) is 10.1 Å². The van der Waals surface area contributed by atoms with E-state index in [1.165, 1.54) is 18.2 Å². The van der Waals surface area contributed by atoms with Gasteiger partial charge in [0.25, 0.3) is 16.8 Å². The van der Waals surface area contributed by atoms with Crippen molar-refractivity contribution in [3.8, 4) is 5.75 Å². The Morgan fingerprint density at radius 2 is 1.74 bits per heavy atom. The fourth-order valence-corrected chi connectivity index (χ4v) is 4.54. The number of nitro benzene ring substituents is 1. The Bertz CT molecular complexity index is 1310. The van der Waals surface area contributed by atoms with Crippen LogP contribution in [0.3, 0.4) is 0 Å². The number of imide groups is 1. The number of ether oxygens (including phenoxy) is 1. The SMILES string of the molecule is O=C1S/C(=C/c2ccc(OCc3ccc(Cl)cc3Cl)cc2)C(=O)N1Cc1ccccc1[N+](=O)[O-]. The number of amides is 2. The lowest BCUT2D eigenvalue weighted by Crippen LogP contribution is -2.27. The van der Waals surface area contributed by atoms with Gasteiger partial charge in [-0.15, -0.1) is 0 Å². The van der Waals surface area contributed by atoms with Crippen molar-refractivity contribution in [2.45, 2.75) is 13.2 Å². The largest absolute Gasteiger partial charge is 0.489 e. The van der Waals surface area contributed by atoms with E-state index in [0.717, 1.165) is 22.2 Å². The molecule has 3 aromatic carbocycles. The number of halogens is 2. The van der Waals surface area contributed by atoms with Crippen molar-refractivity contribution in [1.82, 2.24) is 4.90 Å². The molecule has 1 aliphatic heterocycles. The van der Waals surface area contributed by atoms with Crippen molar-refractivity contribution in [3.63, 3.8) is 0 Å². The zero-order chi connectivity index (χ0) is 24.2. The molecule has 1 aliphatic rings. The van der Waals surface area contributed by atoms with Crippen LogP contribution in [0.25, 0.3) is 6.08 Å². The molecule has 2 amide bonds. The van der Waals surface area contributed by atoms with Crippen molar-refractivity contribution in [3.05, 3.63) is 108 Å². The highest BCUT2D eigenvalue weighted by molar-refractivity contribution is 8.18. The topological polar surface area (TPSA) is 89.8 Å². The van der Waals surface area contributed by atoms with E-state index in [0.29, 0.717) is 26.9 Å². The van der Waals surface area contributed by atoms with Gasteiger partial charge in [0, 0.05) is 27.2 Å². The van der Waals surface area contributed by atoms with Crippen molar-refractivity contribution >= 4 is 57.9 Å². The van der Waals surface area contributed by atoms with E-state index < -0.39 is 16.1 Å². The van der Waals surface area contributed by atoms with Gasteiger partial charge in [0.05, 0.1) is 16.4 Å². The monoisotopic (exact) mass is 514 g/mol. The third kappa shape index (κ3) is 5.41. The molecule has 1 heterocycles. The number of thioether (sulfide) groups is 1. The van der Waals surface area contributed by atoms with Gasteiger partial charge in [-0.05, 0) is 47.7 Å². The van der Waals surface area contributed by atoms with E-state index in [-0.39, 0.29) is 23.7 Å². The molecule has 0 aromatic heterocycles. The summed E-state index contributed by atoms with van der Waals surface area (Å²) in [4.78, 5) is 37.1. The molecule has 0 radical (unpaired) electrons. The third-order valence-electron chi connectivity index (χ3n) is 4.98. The lowest BCUT2D eigenvalue weighted by Gasteiger charge is -2.12. The third-order valence-corrected chi connectivity index (χ3v) is 6.47. The molecule has 34 heavy (non-hydrogen) atoms. The van der Waals surface area contributed by atoms with Crippen molar-refractivity contribution < 1.29 is 19.2 Å². The molecular formula is C24H16Cl2N2O5S. The second-order valence-corrected chi connectivity index (χ2v) is 9.08. The summed E-state index contributed by atoms with van der Waals surface area (Å²) < 4.78 is 5.75. The number of hydrogen-bond acceptors (Lipinski definition) is 6. The number of rotatable bonds is 7. The Morgan fingerprint density at radius 1 is 1.00 bits per heavy atom. The van der Waals surface area contributed by atoms with Crippen LogP contribution in [-0.4, -0.2) is 21.0 Å². The molecule has 0 aliphatic carbocycles. The van der Waals surface area contributed by atoms with Crippen molar-refractivity contribution in [2.75, 3.05) is 0 Å². The quantitative estimate of drug-likeness (QED) is 0.197. The van der Waals surface area contributed by atoms with Crippen LogP contribution < -0.4 is 4.74 Å². The summed E-state index contributed by atoms with van der Waals surface area (Å²) in [5.74, 6) is 0.110. The number of para-hydroxylation sites is 1. The summed E-state index contributed by atoms with van der Waals surface area (Å²) in [5, 5.41) is 11.8. The maximum Gasteiger partial charge on any atom is 0.293 e. The molecule has 7 nitrogen and oxygen atoms in total. The zero-order valence-corrected chi connectivity index (χ0v) is 19.8. The van der Waals surface area contributed by atoms with E-state index in [1.807, 2.05) is 0 Å². The Hall–Kier alpha value is -3.33. The minimum Gasteiger partial charge on any atom is -0.489 e. The number of nitrogens with zero attached hydrogens (tertiary/aromatic N) is 2. The van der Waals surface area contributed by atoms with Crippen LogP contribution in [-0.2, 0) is 17.9 Å². The standard InChI is InChI=1S/C24H16Cl2N2O5S/c25-18-8-7-17(20(26)12-18)14-33-19-9-5-15(6-10-19)11-22-23(29)27(24(30)34-22)13-16-3-1-2-4-21(16)28(31)32/h1-12H,13-14H2/b22-11+. The van der Waals surface area contributed by atoms with Gasteiger partial charge in [-0.25, -0.2) is 0 Å². The van der Waals surface area contributed by atoms with E-state index in [4.69, 9.17) is 27.9 Å². The second kappa shape index (κ2) is 10.3. The highest BCUT2D eigenvalue weighted by Crippen LogP contribution is 2.34. The average Bonchev–Trinajstić information content (AvgIpc) is 3.07. The first-order valence-electron chi connectivity index (χ1n) is 9.96. The lowest BCUT2D eigenvalue weighted by atomic mass is 10.1. The van der Waals surface area contributed by atoms with E-state index in [2.05, 4.69) is 0 Å². The molecule has 0 bridgehead atoms. The summed E-state index contributed by atoms with van der Waals surface area (Å²) in [5.41, 5.74) is 1.65. The number of benzene rings is 3. The molecule has 4 rings (SSSR count). The van der Waals surface area contributed by atoms with E-state index in [9.17, 15) is 19.7 Å². The molecule has 0 N–H and O–H groups in total. The molecular weight excluding hydrogens is 499 g/mol. The van der Waals surface area contributed by atoms with Crippen LogP contribution in [0.15, 0.2) is 71.6 Å². The summed E-state index contributed by atoms with van der Waals surface area (Å²) in [7, 11) is 0. The number of nitro groups is 1. The summed E-state index contributed by atoms with van der Waals surface area (Å²) in [6.07, 6.45) is 1.60. The molecule has 0 atom stereocenters. The minimum atomic E-state index is -0.533. The second-order valence-electron chi connectivity index (χ2n) is 7.25. The normalized spacial score (nSPS) is 14.6. The zero-order valence-electron chi connectivity index (χ0n) is 17.4. The van der Waals surface area contributed by atoms with Gasteiger partial charge in [-0.3, -0.25) is 24.6 Å². The van der Waals surface area contributed by atoms with Crippen LogP contribution in [0.2, 0.25) is 10.0 Å². The Labute approximate surface area is 209 Å². The Morgan fingerprint density at radius 3 is 2.44 bits per heavy atom. The average molecular weight is 515 g/mol. The molecule has 10 heteroatoms. The van der Waals surface area contributed by atoms with Gasteiger partial charge in [-0.2, -0.15) is 0 Å². The number of carbonyl (C=O) groups excluding carboxylic acids is 2. The van der Waals surface area contributed by atoms with Gasteiger partial charge in [0.2, 0.25) is 0 Å². The number of hydrogen-bond donors (Lipinski definition) is 0. The fourth-order valence-electron chi connectivity index (χ4n) is 3.24. The number of carbonyl (C=O) groups is 2. The molecule has 0 spiro atoms. The van der Waals surface area contributed by atoms with Gasteiger partial charge >= 0.3 is 0 Å². The lowest BCUT2D eigenvalue weighted by molar-refractivity contribution is -0.385. The predicted molar refractivity (Wildman–Crippen MR) is 132 cm³/mol. The van der Waals surface area contributed by atoms with Crippen LogP contribution >= 0.6 is 35.0 Å². The van der Waals surface area contributed by atoms with E-state index >= 15 is 0 Å². The van der Waals surface area contributed by atoms with Gasteiger partial charge in [0.15, 0.2) is 0 Å². The fraction of sp³-hybridized carbons (Fsp3) is 0.0833. The first-order chi connectivity index (χ1) is 16.3. The molecule has 0 unspecified atom stereocenters. The molecule has 1 saturated heterocycles. The highest BCUT2D eigenvalue weighted by atomic mass is 35.5. The summed E-state index contributed by atoms with van der Waals surface area (Å²) >= 11 is 12.9.